The minimum atomic E-state index is -2.22. The Labute approximate surface area is 862 Å². The largest absolute Gasteiger partial charge is 0.393 e. The van der Waals surface area contributed by atoms with Gasteiger partial charge in [-0.1, -0.05) is 37.3 Å². The third-order valence-corrected chi connectivity index (χ3v) is 41.2. The van der Waals surface area contributed by atoms with Crippen LogP contribution in [0.1, 0.15) is 244 Å². The van der Waals surface area contributed by atoms with Gasteiger partial charge >= 0.3 is 0 Å². The average Bonchev–Trinajstić information content (AvgIpc) is 0.966. The van der Waals surface area contributed by atoms with E-state index in [1.54, 1.807) is 19.9 Å². The van der Waals surface area contributed by atoms with Gasteiger partial charge in [-0.25, -0.2) is 0 Å². The van der Waals surface area contributed by atoms with Crippen molar-refractivity contribution in [2.24, 2.45) is 5.92 Å². The smallest absolute Gasteiger partial charge is 0.148 e. The van der Waals surface area contributed by atoms with Crippen LogP contribution in [0.25, 0.3) is 0 Å². The van der Waals surface area contributed by atoms with E-state index < -0.39 is 355 Å². The Balaban J connectivity index is 0.390. The fraction of sp³-hybridized carbons (Fsp3) is 0.935. The molecule has 24 aliphatic rings. The van der Waals surface area contributed by atoms with Gasteiger partial charge in [0.2, 0.25) is 0 Å². The maximum Gasteiger partial charge on any atom is 0.148 e. The number of hydrogen-bond acceptors (Lipinski definition) is 40. The molecule has 63 unspecified atom stereocenters. The van der Waals surface area contributed by atoms with Crippen LogP contribution in [0, 0.1) is 5.92 Å². The van der Waals surface area contributed by atoms with Gasteiger partial charge in [0.15, 0.2) is 0 Å². The zero-order chi connectivity index (χ0) is 104. The molecule has 0 aromatic carbocycles. The number of carbonyl (C=O) groups is 1. The number of fused-ring (bicyclic) bond motifs is 20. The first-order chi connectivity index (χ1) is 70.0. The Kier molecular flexibility index (Phi) is 27.8. The molecule has 24 aliphatic heterocycles. The number of hydrogen-bond donors (Lipinski definition) is 15. The summed E-state index contributed by atoms with van der Waals surface area (Å²) in [5.41, 5.74) is -11.4. The zero-order valence-electron chi connectivity index (χ0n) is 87.1. The Bertz CT molecular complexity index is 4890. The number of ether oxygens (including phenoxy) is 24. The summed E-state index contributed by atoms with van der Waals surface area (Å²) < 4.78 is 167. The molecule has 40 heteroatoms. The van der Waals surface area contributed by atoms with Gasteiger partial charge in [-0.3, -0.25) is 4.79 Å². The van der Waals surface area contributed by atoms with Crippen molar-refractivity contribution in [2.45, 2.75) is 617 Å². The fourth-order valence-electron chi connectivity index (χ4n) is 31.8. The predicted molar refractivity (Wildman–Crippen MR) is 508 cm³/mol. The van der Waals surface area contributed by atoms with E-state index in [9.17, 15) is 81.4 Å². The fourth-order valence-corrected chi connectivity index (χ4v) is 31.8. The summed E-state index contributed by atoms with van der Waals surface area (Å²) in [6.07, 6.45) is -28.0. The molecule has 0 aromatic heterocycles. The van der Waals surface area contributed by atoms with Gasteiger partial charge in [0, 0.05) is 133 Å². The van der Waals surface area contributed by atoms with Gasteiger partial charge in [-0.15, -0.1) is 0 Å². The summed E-state index contributed by atoms with van der Waals surface area (Å²) in [6, 6.07) is 0. The normalized spacial score (nSPS) is 59.2. The maximum absolute atomic E-state index is 12.9. The van der Waals surface area contributed by atoms with E-state index in [1.807, 2.05) is 66.7 Å². The second-order valence-electron chi connectivity index (χ2n) is 51.5. The molecular formula is C108H162O40. The first-order valence-corrected chi connectivity index (χ1v) is 55.6. The van der Waals surface area contributed by atoms with Crippen molar-refractivity contribution in [1.82, 2.24) is 0 Å². The van der Waals surface area contributed by atoms with Crippen molar-refractivity contribution >= 4 is 6.29 Å². The minimum Gasteiger partial charge on any atom is -0.393 e. The Morgan fingerprint density at radius 3 is 1.61 bits per heavy atom. The van der Waals surface area contributed by atoms with Crippen LogP contribution in [0.4, 0.5) is 0 Å². The van der Waals surface area contributed by atoms with E-state index in [2.05, 4.69) is 33.8 Å². The van der Waals surface area contributed by atoms with Crippen molar-refractivity contribution in [3.05, 3.63) is 36.0 Å². The minimum absolute atomic E-state index is 0.0266. The lowest BCUT2D eigenvalue weighted by molar-refractivity contribution is -0.404. The van der Waals surface area contributed by atoms with Gasteiger partial charge in [0.05, 0.1) is 278 Å². The molecule has 0 saturated carbocycles. The zero-order valence-corrected chi connectivity index (χ0v) is 87.1. The predicted octanol–water partition coefficient (Wildman–Crippen LogP) is 0.996. The third kappa shape index (κ3) is 17.9. The van der Waals surface area contributed by atoms with Crippen molar-refractivity contribution in [2.75, 3.05) is 6.61 Å². The van der Waals surface area contributed by atoms with E-state index >= 15 is 0 Å². The molecule has 24 rings (SSSR count). The van der Waals surface area contributed by atoms with Crippen LogP contribution in [0.2, 0.25) is 0 Å². The molecule has 0 aromatic rings. The van der Waals surface area contributed by atoms with Crippen LogP contribution in [-0.2, 0) is 118 Å². The molecule has 0 amide bonds. The van der Waals surface area contributed by atoms with Gasteiger partial charge in [-0.2, -0.15) is 0 Å². The molecule has 0 radical (unpaired) electrons. The molecule has 834 valence electrons. The third-order valence-electron chi connectivity index (χ3n) is 41.2. The second-order valence-corrected chi connectivity index (χ2v) is 51.5. The lowest BCUT2D eigenvalue weighted by atomic mass is 9.68. The molecule has 148 heavy (non-hydrogen) atoms. The highest BCUT2D eigenvalue weighted by molar-refractivity contribution is 5.73. The number of aldehydes is 1. The Hall–Kier alpha value is -2.67. The molecule has 15 N–H and O–H groups in total. The first-order valence-electron chi connectivity index (χ1n) is 55.6. The summed E-state index contributed by atoms with van der Waals surface area (Å²) in [7, 11) is 0. The highest BCUT2D eigenvalue weighted by atomic mass is 16.7. The maximum atomic E-state index is 12.9. The number of aliphatic hydroxyl groups is 15. The number of aliphatic hydroxyl groups excluding tert-OH is 15. The van der Waals surface area contributed by atoms with Crippen LogP contribution in [0.15, 0.2) is 36.0 Å². The number of rotatable bonds is 13. The molecule has 24 heterocycles. The molecule has 0 aliphatic carbocycles. The summed E-state index contributed by atoms with van der Waals surface area (Å²) >= 11 is 0. The standard InChI is InChI=1S/C108H162O40/c1-45(46(2)111)53-16-17-54(126-53)56-25-50(113)92-69(129-56)30-60-62(135-92)29-58-59(128-60)28-61-57(127-58)26-51(114)93(136-61)88(120)68-24-49(112)87(119)96(138-68)91(123)89(121)90(122)94-52(115)27-66-65(137-94)34-81-105(10,142-66)73(116)32-64-71(134-81)37-99(4)77(131-64)19-18-55-67(141-99)33-74(117)106(11)82(130-55)36-83-107(12,148-106)75(118)39-100(5)84(140-83)40-104(9)80(144-100)35-79-102(7,147-104)38-72-63(132-79)31-70-95(139-72)97(124)108(13)86(133-70)42-101(6)85(145-108)41-103(8)78(143-101)21-20-76-98(3,146-103)23-22-48(125-76)15-14-47(43-109)44-110/h14,16-17,22-23,43,45-46,48-97,110-124H,15,18-21,24-42,44H2,1-13H3. The van der Waals surface area contributed by atoms with Gasteiger partial charge in [0.1, 0.15) is 108 Å². The summed E-state index contributed by atoms with van der Waals surface area (Å²) in [5, 5.41) is 177. The van der Waals surface area contributed by atoms with E-state index in [1.165, 1.54) is 0 Å². The molecule has 0 spiro atoms. The monoisotopic (exact) mass is 2100 g/mol. The molecule has 40 nitrogen and oxygen atoms in total. The Morgan fingerprint density at radius 1 is 0.345 bits per heavy atom. The molecule has 63 atom stereocenters. The van der Waals surface area contributed by atoms with Crippen LogP contribution >= 0.6 is 0 Å². The summed E-state index contributed by atoms with van der Waals surface area (Å²) in [4.78, 5) is 11.5. The van der Waals surface area contributed by atoms with Crippen LogP contribution in [0.3, 0.4) is 0 Å². The average molecular weight is 2100 g/mol. The topological polar surface area (TPSA) is 542 Å². The van der Waals surface area contributed by atoms with Gasteiger partial charge < -0.3 is 190 Å². The van der Waals surface area contributed by atoms with Crippen LogP contribution in [-0.4, -0.2) is 462 Å². The van der Waals surface area contributed by atoms with E-state index in [0.717, 1.165) is 0 Å². The summed E-state index contributed by atoms with van der Waals surface area (Å²) in [6.45, 7) is 25.0. The van der Waals surface area contributed by atoms with Gasteiger partial charge in [-0.05, 0) is 115 Å². The number of carbonyl (C=O) groups excluding carboxylic acids is 1. The summed E-state index contributed by atoms with van der Waals surface area (Å²) in [5.74, 6) is -0.146. The lowest BCUT2D eigenvalue weighted by Crippen LogP contribution is -2.77. The van der Waals surface area contributed by atoms with Crippen molar-refractivity contribution < 1.29 is 195 Å². The second kappa shape index (κ2) is 38.6. The van der Waals surface area contributed by atoms with Crippen molar-refractivity contribution in [3.63, 3.8) is 0 Å². The van der Waals surface area contributed by atoms with Gasteiger partial charge in [0.25, 0.3) is 0 Å². The van der Waals surface area contributed by atoms with Crippen LogP contribution < -0.4 is 0 Å². The highest BCUT2D eigenvalue weighted by Gasteiger charge is 2.74. The van der Waals surface area contributed by atoms with Crippen LogP contribution in [0.5, 0.6) is 0 Å². The lowest BCUT2D eigenvalue weighted by Gasteiger charge is -2.65. The quantitative estimate of drug-likeness (QED) is 0.0695. The van der Waals surface area contributed by atoms with E-state index in [0.29, 0.717) is 102 Å². The van der Waals surface area contributed by atoms with E-state index in [4.69, 9.17) is 114 Å². The Morgan fingerprint density at radius 2 is 0.865 bits per heavy atom. The first kappa shape index (κ1) is 107. The molecule has 22 saturated heterocycles. The SMILES string of the molecule is CC(O)C(C)C1C=CC(C2CC(O)C3OC4CC5OC6CC(O)C(C(O)C7CC(O)C(O)C(C(O)C(O)C(O)C8OC9CC%10OC%11CC%12(C)OC%13CC(O)C%14(C)OC%15(C)C(O)CC%16(C)OC%17CC%18OC%19CC%20OC%21CC%22(C)OC%23CCC%24OC(CC=C(C=O)CO)C=CC%24(C)OC%23(C)CC%22OC%21(C)C(O)C%20OC%19CC%18(C)OC%17(C)CC%16OC%15CC%14OC%13CCC%12OC%11CC(O)C%10(C)OC9CC8O)O7)OC6CC5OC4CC3O2)O1. The van der Waals surface area contributed by atoms with Crippen molar-refractivity contribution in [3.8, 4) is 0 Å². The molecular weight excluding hydrogens is 1940 g/mol. The van der Waals surface area contributed by atoms with Crippen molar-refractivity contribution in [1.29, 1.82) is 0 Å². The van der Waals surface area contributed by atoms with E-state index in [-0.39, 0.29) is 94.7 Å². The molecule has 22 fully saturated rings. The highest BCUT2D eigenvalue weighted by Crippen LogP contribution is 2.63. The molecule has 0 bridgehead atoms.